The summed E-state index contributed by atoms with van der Waals surface area (Å²) in [7, 11) is 0. The van der Waals surface area contributed by atoms with E-state index in [0.29, 0.717) is 12.8 Å². The Hall–Kier alpha value is -2.80. The quantitative estimate of drug-likeness (QED) is 0.568. The summed E-state index contributed by atoms with van der Waals surface area (Å²) >= 11 is 0. The van der Waals surface area contributed by atoms with Gasteiger partial charge in [0.15, 0.2) is 0 Å². The summed E-state index contributed by atoms with van der Waals surface area (Å²) in [5.74, 6) is 0. The van der Waals surface area contributed by atoms with Crippen molar-refractivity contribution in [3.05, 3.63) is 71.8 Å². The molecule has 0 spiro atoms. The number of benzene rings is 2. The lowest BCUT2D eigenvalue weighted by molar-refractivity contribution is 0.249. The third-order valence-corrected chi connectivity index (χ3v) is 4.70. The Balaban J connectivity index is 2.97. The zero-order chi connectivity index (χ0) is 17.5. The van der Waals surface area contributed by atoms with Crippen LogP contribution in [0.25, 0.3) is 0 Å². The molecule has 0 bridgehead atoms. The fraction of sp³-hybridized carbons (Fsp3) is 0.300. The van der Waals surface area contributed by atoms with Gasteiger partial charge in [0.05, 0.1) is 0 Å². The zero-order valence-corrected chi connectivity index (χ0v) is 13.9. The molecule has 0 aliphatic rings. The molecule has 2 rings (SSSR count). The van der Waals surface area contributed by atoms with Crippen LogP contribution in [0.3, 0.4) is 0 Å². The van der Waals surface area contributed by atoms with Crippen molar-refractivity contribution < 1.29 is 9.59 Å². The van der Waals surface area contributed by atoms with Gasteiger partial charge in [-0.25, -0.2) is 9.59 Å². The molecule has 0 saturated heterocycles. The maximum Gasteiger partial charge on any atom is 0.236 e. The first-order valence-corrected chi connectivity index (χ1v) is 8.00. The van der Waals surface area contributed by atoms with Crippen molar-refractivity contribution in [1.82, 2.24) is 0 Å². The van der Waals surface area contributed by atoms with Crippen LogP contribution in [0, 0.1) is 0 Å². The molecule has 0 aromatic heterocycles. The first-order chi connectivity index (χ1) is 11.7. The first kappa shape index (κ1) is 17.6. The number of hydrogen-bond donors (Lipinski definition) is 0. The third-order valence-electron chi connectivity index (χ3n) is 4.70. The number of rotatable bonds is 7. The lowest BCUT2D eigenvalue weighted by atomic mass is 9.66. The monoisotopic (exact) mass is 320 g/mol. The second-order valence-electron chi connectivity index (χ2n) is 5.59. The normalized spacial score (nSPS) is 11.2. The van der Waals surface area contributed by atoms with Gasteiger partial charge in [-0.3, -0.25) is 0 Å². The van der Waals surface area contributed by atoms with Crippen LogP contribution in [-0.4, -0.2) is 17.7 Å². The van der Waals surface area contributed by atoms with Crippen LogP contribution in [0.15, 0.2) is 70.6 Å². The molecule has 2 aromatic carbocycles. The first-order valence-electron chi connectivity index (χ1n) is 8.00. The largest absolute Gasteiger partial charge is 0.236 e. The summed E-state index contributed by atoms with van der Waals surface area (Å²) in [6.07, 6.45) is 4.46. The van der Waals surface area contributed by atoms with Gasteiger partial charge < -0.3 is 0 Å². The standard InChI is InChI=1S/C20H20N2O2/c1-3-19(4-2,21-15-23)20(22-16-24,17-11-7-5-8-12-17)18-13-9-6-10-14-18/h5-14H,3-4H2,1-2H3. The number of aliphatic imine (C=N–C) groups is 2. The Labute approximate surface area is 142 Å². The predicted molar refractivity (Wildman–Crippen MR) is 93.2 cm³/mol. The number of isocyanates is 2. The van der Waals surface area contributed by atoms with Gasteiger partial charge in [0.1, 0.15) is 11.1 Å². The Morgan fingerprint density at radius 3 is 1.50 bits per heavy atom. The van der Waals surface area contributed by atoms with Crippen molar-refractivity contribution in [2.45, 2.75) is 37.8 Å². The second-order valence-corrected chi connectivity index (χ2v) is 5.59. The summed E-state index contributed by atoms with van der Waals surface area (Å²) < 4.78 is 0. The summed E-state index contributed by atoms with van der Waals surface area (Å²) in [5, 5.41) is 0. The summed E-state index contributed by atoms with van der Waals surface area (Å²) in [6, 6.07) is 18.9. The van der Waals surface area contributed by atoms with Crippen LogP contribution in [-0.2, 0) is 15.1 Å². The highest BCUT2D eigenvalue weighted by Crippen LogP contribution is 2.48. The molecular formula is C20H20N2O2. The van der Waals surface area contributed by atoms with Gasteiger partial charge in [-0.05, 0) is 24.0 Å². The van der Waals surface area contributed by atoms with Gasteiger partial charge in [0, 0.05) is 0 Å². The average Bonchev–Trinajstić information content (AvgIpc) is 2.66. The molecule has 0 saturated carbocycles. The van der Waals surface area contributed by atoms with E-state index < -0.39 is 11.1 Å². The minimum atomic E-state index is -1.13. The van der Waals surface area contributed by atoms with Crippen molar-refractivity contribution >= 4 is 12.2 Å². The van der Waals surface area contributed by atoms with E-state index in [4.69, 9.17) is 0 Å². The van der Waals surface area contributed by atoms with E-state index in [0.717, 1.165) is 11.1 Å². The van der Waals surface area contributed by atoms with Crippen LogP contribution in [0.2, 0.25) is 0 Å². The maximum atomic E-state index is 11.4. The molecule has 0 heterocycles. The van der Waals surface area contributed by atoms with Crippen molar-refractivity contribution in [1.29, 1.82) is 0 Å². The molecule has 2 aromatic rings. The highest BCUT2D eigenvalue weighted by atomic mass is 16.1. The smallest absolute Gasteiger partial charge is 0.211 e. The van der Waals surface area contributed by atoms with E-state index in [1.165, 1.54) is 0 Å². The Morgan fingerprint density at radius 2 is 1.17 bits per heavy atom. The van der Waals surface area contributed by atoms with Crippen LogP contribution >= 0.6 is 0 Å². The molecule has 0 amide bonds. The lowest BCUT2D eigenvalue weighted by Gasteiger charge is -2.43. The molecule has 0 N–H and O–H groups in total. The molecule has 0 aliphatic carbocycles. The van der Waals surface area contributed by atoms with Gasteiger partial charge in [0.2, 0.25) is 12.2 Å². The predicted octanol–water partition coefficient (Wildman–Crippen LogP) is 4.16. The minimum absolute atomic E-state index is 0.522. The maximum absolute atomic E-state index is 11.4. The Bertz CT molecular complexity index is 715. The minimum Gasteiger partial charge on any atom is -0.211 e. The second kappa shape index (κ2) is 7.65. The van der Waals surface area contributed by atoms with E-state index >= 15 is 0 Å². The number of nitrogens with zero attached hydrogens (tertiary/aromatic N) is 2. The van der Waals surface area contributed by atoms with Crippen LogP contribution in [0.4, 0.5) is 0 Å². The highest BCUT2D eigenvalue weighted by Gasteiger charge is 2.53. The molecule has 0 fully saturated rings. The number of carbonyl (C=O) groups excluding carboxylic acids is 2. The molecule has 0 radical (unpaired) electrons. The summed E-state index contributed by atoms with van der Waals surface area (Å²) in [4.78, 5) is 31.0. The van der Waals surface area contributed by atoms with Gasteiger partial charge >= 0.3 is 0 Å². The van der Waals surface area contributed by atoms with Gasteiger partial charge in [-0.15, -0.1) is 0 Å². The highest BCUT2D eigenvalue weighted by molar-refractivity contribution is 5.51. The fourth-order valence-corrected chi connectivity index (χ4v) is 3.45. The van der Waals surface area contributed by atoms with Gasteiger partial charge in [-0.2, -0.15) is 9.98 Å². The third kappa shape index (κ3) is 2.74. The van der Waals surface area contributed by atoms with E-state index in [2.05, 4.69) is 9.98 Å². The molecular weight excluding hydrogens is 300 g/mol. The van der Waals surface area contributed by atoms with E-state index in [1.54, 1.807) is 12.2 Å². The van der Waals surface area contributed by atoms with Crippen LogP contribution in [0.5, 0.6) is 0 Å². The summed E-state index contributed by atoms with van der Waals surface area (Å²) in [6.45, 7) is 3.87. The molecule has 122 valence electrons. The Morgan fingerprint density at radius 1 is 0.750 bits per heavy atom. The van der Waals surface area contributed by atoms with Crippen LogP contribution in [0.1, 0.15) is 37.8 Å². The van der Waals surface area contributed by atoms with E-state index in [-0.39, 0.29) is 0 Å². The zero-order valence-electron chi connectivity index (χ0n) is 13.9. The molecule has 24 heavy (non-hydrogen) atoms. The number of hydrogen-bond acceptors (Lipinski definition) is 4. The average molecular weight is 320 g/mol. The Kier molecular flexibility index (Phi) is 5.59. The van der Waals surface area contributed by atoms with Crippen molar-refractivity contribution in [2.75, 3.05) is 0 Å². The van der Waals surface area contributed by atoms with Crippen molar-refractivity contribution in [3.63, 3.8) is 0 Å². The topological polar surface area (TPSA) is 58.9 Å². The van der Waals surface area contributed by atoms with E-state index in [1.807, 2.05) is 74.5 Å². The molecule has 4 nitrogen and oxygen atoms in total. The summed E-state index contributed by atoms with van der Waals surface area (Å²) in [5.41, 5.74) is -0.461. The van der Waals surface area contributed by atoms with Crippen molar-refractivity contribution in [2.24, 2.45) is 9.98 Å². The molecule has 0 atom stereocenters. The fourth-order valence-electron chi connectivity index (χ4n) is 3.45. The molecule has 0 unspecified atom stereocenters. The molecule has 0 aliphatic heterocycles. The van der Waals surface area contributed by atoms with Gasteiger partial charge in [0.25, 0.3) is 0 Å². The lowest BCUT2D eigenvalue weighted by Crippen LogP contribution is -2.49. The molecule has 4 heteroatoms. The van der Waals surface area contributed by atoms with Crippen molar-refractivity contribution in [3.8, 4) is 0 Å². The van der Waals surface area contributed by atoms with Crippen LogP contribution < -0.4 is 0 Å². The SMILES string of the molecule is CCC(CC)(N=C=O)C(N=C=O)(c1ccccc1)c1ccccc1. The van der Waals surface area contributed by atoms with E-state index in [9.17, 15) is 9.59 Å². The van der Waals surface area contributed by atoms with Gasteiger partial charge in [-0.1, -0.05) is 74.5 Å².